The van der Waals surface area contributed by atoms with Gasteiger partial charge in [-0.25, -0.2) is 0 Å². The Morgan fingerprint density at radius 2 is 1.60 bits per heavy atom. The molecule has 1 unspecified atom stereocenters. The predicted octanol–water partition coefficient (Wildman–Crippen LogP) is 5.64. The second-order valence-corrected chi connectivity index (χ2v) is 7.29. The molecule has 0 spiro atoms. The highest BCUT2D eigenvalue weighted by molar-refractivity contribution is 5.89. The van der Waals surface area contributed by atoms with Gasteiger partial charge in [0.15, 0.2) is 0 Å². The van der Waals surface area contributed by atoms with Gasteiger partial charge in [0, 0.05) is 46.0 Å². The van der Waals surface area contributed by atoms with E-state index >= 15 is 0 Å². The van der Waals surface area contributed by atoms with Gasteiger partial charge in [0.2, 0.25) is 5.91 Å². The van der Waals surface area contributed by atoms with Crippen molar-refractivity contribution in [2.24, 2.45) is 0 Å². The van der Waals surface area contributed by atoms with E-state index in [9.17, 15) is 4.79 Å². The molecule has 1 aromatic heterocycles. The zero-order chi connectivity index (χ0) is 21.1. The van der Waals surface area contributed by atoms with Gasteiger partial charge < -0.3 is 20.4 Å². The molecule has 0 bridgehead atoms. The number of hydrogen-bond donors (Lipinski definition) is 3. The molecular formula is C25H25N3O2. The van der Waals surface area contributed by atoms with Gasteiger partial charge in [-0.2, -0.15) is 0 Å². The van der Waals surface area contributed by atoms with E-state index in [1.165, 1.54) is 17.9 Å². The number of nitrogens with one attached hydrogen (secondary N) is 3. The van der Waals surface area contributed by atoms with Crippen LogP contribution in [-0.2, 0) is 4.79 Å². The Labute approximate surface area is 176 Å². The fraction of sp³-hybridized carbons (Fsp3) is 0.160. The van der Waals surface area contributed by atoms with Crippen LogP contribution >= 0.6 is 0 Å². The van der Waals surface area contributed by atoms with Crippen molar-refractivity contribution in [3.05, 3.63) is 89.6 Å². The average Bonchev–Trinajstić information content (AvgIpc) is 3.08. The molecule has 0 aliphatic rings. The highest BCUT2D eigenvalue weighted by atomic mass is 16.5. The largest absolute Gasteiger partial charge is 0.496 e. The minimum absolute atomic E-state index is 0.0861. The first-order valence-electron chi connectivity index (χ1n) is 9.91. The third-order valence-electron chi connectivity index (χ3n) is 5.20. The summed E-state index contributed by atoms with van der Waals surface area (Å²) in [4.78, 5) is 14.8. The number of para-hydroxylation sites is 2. The number of aromatic nitrogens is 1. The molecule has 5 nitrogen and oxygen atoms in total. The molecule has 1 atom stereocenters. The summed E-state index contributed by atoms with van der Waals surface area (Å²) in [7, 11) is 1.69. The molecule has 4 rings (SSSR count). The number of fused-ring (bicyclic) bond motifs is 1. The summed E-state index contributed by atoms with van der Waals surface area (Å²) in [6, 6.07) is 24.0. The third kappa shape index (κ3) is 3.87. The maximum Gasteiger partial charge on any atom is 0.221 e. The van der Waals surface area contributed by atoms with E-state index in [1.54, 1.807) is 7.11 Å². The molecule has 1 heterocycles. The molecule has 3 aromatic carbocycles. The van der Waals surface area contributed by atoms with Crippen molar-refractivity contribution in [1.29, 1.82) is 0 Å². The molecule has 3 N–H and O–H groups in total. The van der Waals surface area contributed by atoms with E-state index in [2.05, 4.69) is 46.8 Å². The summed E-state index contributed by atoms with van der Waals surface area (Å²) in [5.41, 5.74) is 6.16. The molecule has 30 heavy (non-hydrogen) atoms. The number of carbonyl (C=O) groups is 1. The Morgan fingerprint density at radius 1 is 0.933 bits per heavy atom. The molecule has 0 aliphatic heterocycles. The first-order chi connectivity index (χ1) is 14.6. The molecule has 1 amide bonds. The lowest BCUT2D eigenvalue weighted by Crippen LogP contribution is -2.14. The van der Waals surface area contributed by atoms with Gasteiger partial charge in [-0.3, -0.25) is 4.79 Å². The monoisotopic (exact) mass is 399 g/mol. The number of rotatable bonds is 6. The maximum atomic E-state index is 11.3. The van der Waals surface area contributed by atoms with Crippen LogP contribution in [0.1, 0.15) is 29.8 Å². The van der Waals surface area contributed by atoms with Crippen LogP contribution in [0.4, 0.5) is 11.4 Å². The third-order valence-corrected chi connectivity index (χ3v) is 5.20. The molecule has 0 fully saturated rings. The standard InChI is InChI=1S/C25H25N3O2/c1-16-24(20-8-4-6-10-22(20)26-16)25(21-9-5-7-11-23(21)30-3)28-19-14-12-18(13-15-19)27-17(2)29/h4-15,25-26,28H,1-3H3,(H,27,29). The lowest BCUT2D eigenvalue weighted by atomic mass is 9.95. The van der Waals surface area contributed by atoms with Crippen LogP contribution in [0.3, 0.4) is 0 Å². The van der Waals surface area contributed by atoms with Crippen LogP contribution in [0.15, 0.2) is 72.8 Å². The van der Waals surface area contributed by atoms with E-state index in [1.807, 2.05) is 48.5 Å². The first kappa shape index (κ1) is 19.6. The number of H-pyrrole nitrogens is 1. The van der Waals surface area contributed by atoms with E-state index < -0.39 is 0 Å². The smallest absolute Gasteiger partial charge is 0.221 e. The van der Waals surface area contributed by atoms with Gasteiger partial charge >= 0.3 is 0 Å². The minimum atomic E-state index is -0.121. The number of aromatic amines is 1. The van der Waals surface area contributed by atoms with E-state index in [0.29, 0.717) is 0 Å². The van der Waals surface area contributed by atoms with Crippen LogP contribution in [-0.4, -0.2) is 18.0 Å². The molecule has 0 aliphatic carbocycles. The summed E-state index contributed by atoms with van der Waals surface area (Å²) < 4.78 is 5.68. The van der Waals surface area contributed by atoms with Crippen molar-refractivity contribution < 1.29 is 9.53 Å². The topological polar surface area (TPSA) is 66.2 Å². The van der Waals surface area contributed by atoms with Crippen LogP contribution < -0.4 is 15.4 Å². The summed E-state index contributed by atoms with van der Waals surface area (Å²) in [6.07, 6.45) is 0. The summed E-state index contributed by atoms with van der Waals surface area (Å²) in [6.45, 7) is 3.60. The van der Waals surface area contributed by atoms with Crippen LogP contribution in [0.2, 0.25) is 0 Å². The van der Waals surface area contributed by atoms with E-state index in [0.717, 1.165) is 33.9 Å². The first-order valence-corrected chi connectivity index (χ1v) is 9.91. The second kappa shape index (κ2) is 8.33. The Kier molecular flexibility index (Phi) is 5.44. The van der Waals surface area contributed by atoms with Crippen molar-refractivity contribution in [3.8, 4) is 5.75 Å². The highest BCUT2D eigenvalue weighted by Crippen LogP contribution is 2.38. The predicted molar refractivity (Wildman–Crippen MR) is 122 cm³/mol. The molecule has 152 valence electrons. The number of methoxy groups -OCH3 is 1. The number of benzene rings is 3. The number of amides is 1. The Hall–Kier alpha value is -3.73. The molecule has 0 saturated heterocycles. The molecule has 0 radical (unpaired) electrons. The van der Waals surface area contributed by atoms with Crippen molar-refractivity contribution in [1.82, 2.24) is 4.98 Å². The van der Waals surface area contributed by atoms with Crippen molar-refractivity contribution in [3.63, 3.8) is 0 Å². The van der Waals surface area contributed by atoms with E-state index in [-0.39, 0.29) is 11.9 Å². The zero-order valence-electron chi connectivity index (χ0n) is 17.3. The SMILES string of the molecule is COc1ccccc1C(Nc1ccc(NC(C)=O)cc1)c1c(C)[nH]c2ccccc12. The molecule has 0 saturated carbocycles. The summed E-state index contributed by atoms with van der Waals surface area (Å²) in [5.74, 6) is 0.742. The number of hydrogen-bond acceptors (Lipinski definition) is 3. The lowest BCUT2D eigenvalue weighted by Gasteiger charge is -2.23. The Bertz CT molecular complexity index is 1180. The summed E-state index contributed by atoms with van der Waals surface area (Å²) >= 11 is 0. The summed E-state index contributed by atoms with van der Waals surface area (Å²) in [5, 5.41) is 7.65. The number of carbonyl (C=O) groups excluding carboxylic acids is 1. The molecular weight excluding hydrogens is 374 g/mol. The van der Waals surface area contributed by atoms with Crippen LogP contribution in [0.5, 0.6) is 5.75 Å². The number of ether oxygens (including phenoxy) is 1. The fourth-order valence-electron chi connectivity index (χ4n) is 3.90. The van der Waals surface area contributed by atoms with Gasteiger partial charge in [-0.1, -0.05) is 36.4 Å². The van der Waals surface area contributed by atoms with Gasteiger partial charge in [-0.05, 0) is 43.3 Å². The fourth-order valence-corrected chi connectivity index (χ4v) is 3.90. The Balaban J connectivity index is 1.80. The van der Waals surface area contributed by atoms with Gasteiger partial charge in [0.05, 0.1) is 13.2 Å². The lowest BCUT2D eigenvalue weighted by molar-refractivity contribution is -0.114. The normalized spacial score (nSPS) is 11.8. The second-order valence-electron chi connectivity index (χ2n) is 7.29. The van der Waals surface area contributed by atoms with Gasteiger partial charge in [-0.15, -0.1) is 0 Å². The minimum Gasteiger partial charge on any atom is -0.496 e. The van der Waals surface area contributed by atoms with Crippen molar-refractivity contribution in [2.45, 2.75) is 19.9 Å². The van der Waals surface area contributed by atoms with Gasteiger partial charge in [0.25, 0.3) is 0 Å². The zero-order valence-corrected chi connectivity index (χ0v) is 17.3. The Morgan fingerprint density at radius 3 is 2.33 bits per heavy atom. The number of aryl methyl sites for hydroxylation is 1. The van der Waals surface area contributed by atoms with Crippen molar-refractivity contribution in [2.75, 3.05) is 17.7 Å². The van der Waals surface area contributed by atoms with Gasteiger partial charge in [0.1, 0.15) is 5.75 Å². The molecule has 4 aromatic rings. The van der Waals surface area contributed by atoms with Crippen LogP contribution in [0, 0.1) is 6.92 Å². The molecule has 5 heteroatoms. The maximum absolute atomic E-state index is 11.3. The average molecular weight is 399 g/mol. The number of anilines is 2. The quantitative estimate of drug-likeness (QED) is 0.393. The van der Waals surface area contributed by atoms with E-state index in [4.69, 9.17) is 4.74 Å². The van der Waals surface area contributed by atoms with Crippen LogP contribution in [0.25, 0.3) is 10.9 Å². The highest BCUT2D eigenvalue weighted by Gasteiger charge is 2.23. The van der Waals surface area contributed by atoms with Crippen molar-refractivity contribution >= 4 is 28.2 Å².